The van der Waals surface area contributed by atoms with E-state index in [0.29, 0.717) is 26.1 Å². The standard InChI is InChI=1S/C14H22N2O2S/c1-10(9-12-4-3-11(2)19-12)16-13(17)14(15)5-7-18-8-6-14/h3-4,10H,5-9,15H2,1-2H3,(H,16,17). The third-order valence-electron chi connectivity index (χ3n) is 3.52. The molecule has 4 nitrogen and oxygen atoms in total. The summed E-state index contributed by atoms with van der Waals surface area (Å²) in [6.07, 6.45) is 2.06. The number of carbonyl (C=O) groups is 1. The molecule has 5 heteroatoms. The van der Waals surface area contributed by atoms with Gasteiger partial charge in [-0.3, -0.25) is 4.79 Å². The van der Waals surface area contributed by atoms with Gasteiger partial charge in [-0.1, -0.05) is 0 Å². The molecule has 19 heavy (non-hydrogen) atoms. The van der Waals surface area contributed by atoms with Gasteiger partial charge in [0.05, 0.1) is 5.54 Å². The number of hydrogen-bond acceptors (Lipinski definition) is 4. The van der Waals surface area contributed by atoms with Crippen LogP contribution in [0.4, 0.5) is 0 Å². The Balaban J connectivity index is 1.87. The van der Waals surface area contributed by atoms with Gasteiger partial charge < -0.3 is 15.8 Å². The van der Waals surface area contributed by atoms with Gasteiger partial charge in [-0.2, -0.15) is 0 Å². The van der Waals surface area contributed by atoms with E-state index in [-0.39, 0.29) is 11.9 Å². The fraction of sp³-hybridized carbons (Fsp3) is 0.643. The van der Waals surface area contributed by atoms with E-state index in [1.165, 1.54) is 9.75 Å². The molecule has 3 N–H and O–H groups in total. The van der Waals surface area contributed by atoms with Gasteiger partial charge in [0.1, 0.15) is 0 Å². The molecule has 1 unspecified atom stereocenters. The topological polar surface area (TPSA) is 64.4 Å². The van der Waals surface area contributed by atoms with E-state index in [0.717, 1.165) is 6.42 Å². The molecule has 1 aromatic rings. The van der Waals surface area contributed by atoms with Crippen molar-refractivity contribution < 1.29 is 9.53 Å². The first-order valence-corrected chi connectivity index (χ1v) is 7.54. The predicted molar refractivity (Wildman–Crippen MR) is 77.3 cm³/mol. The fourth-order valence-corrected chi connectivity index (χ4v) is 3.30. The van der Waals surface area contributed by atoms with Crippen molar-refractivity contribution in [2.75, 3.05) is 13.2 Å². The Morgan fingerprint density at radius 1 is 1.53 bits per heavy atom. The molecule has 106 valence electrons. The molecule has 1 fully saturated rings. The summed E-state index contributed by atoms with van der Waals surface area (Å²) in [5.74, 6) is -0.0448. The van der Waals surface area contributed by atoms with Crippen molar-refractivity contribution in [1.29, 1.82) is 0 Å². The van der Waals surface area contributed by atoms with Gasteiger partial charge in [-0.25, -0.2) is 0 Å². The van der Waals surface area contributed by atoms with Gasteiger partial charge >= 0.3 is 0 Å². The number of carbonyl (C=O) groups excluding carboxylic acids is 1. The van der Waals surface area contributed by atoms with Crippen molar-refractivity contribution in [2.45, 2.75) is 44.7 Å². The molecule has 0 radical (unpaired) electrons. The number of hydrogen-bond donors (Lipinski definition) is 2. The minimum absolute atomic E-state index is 0.0448. The number of rotatable bonds is 4. The normalized spacial score (nSPS) is 19.9. The van der Waals surface area contributed by atoms with Crippen LogP contribution in [0.5, 0.6) is 0 Å². The average Bonchev–Trinajstić information content (AvgIpc) is 2.75. The van der Waals surface area contributed by atoms with Crippen LogP contribution in [0, 0.1) is 6.92 Å². The Morgan fingerprint density at radius 2 is 2.21 bits per heavy atom. The van der Waals surface area contributed by atoms with Crippen LogP contribution in [-0.4, -0.2) is 30.7 Å². The van der Waals surface area contributed by atoms with Gasteiger partial charge in [-0.05, 0) is 38.8 Å². The largest absolute Gasteiger partial charge is 0.381 e. The van der Waals surface area contributed by atoms with E-state index in [1.807, 2.05) is 6.92 Å². The summed E-state index contributed by atoms with van der Waals surface area (Å²) in [4.78, 5) is 14.8. The molecule has 2 rings (SSSR count). The van der Waals surface area contributed by atoms with Crippen LogP contribution in [0.15, 0.2) is 12.1 Å². The predicted octanol–water partition coefficient (Wildman–Crippen LogP) is 1.61. The fourth-order valence-electron chi connectivity index (χ4n) is 2.28. The molecule has 1 amide bonds. The van der Waals surface area contributed by atoms with Crippen LogP contribution in [0.2, 0.25) is 0 Å². The molecule has 2 heterocycles. The lowest BCUT2D eigenvalue weighted by Crippen LogP contribution is -2.58. The smallest absolute Gasteiger partial charge is 0.240 e. The van der Waals surface area contributed by atoms with Crippen molar-refractivity contribution in [1.82, 2.24) is 5.32 Å². The van der Waals surface area contributed by atoms with Gasteiger partial charge in [0, 0.05) is 35.4 Å². The van der Waals surface area contributed by atoms with Crippen LogP contribution in [0.3, 0.4) is 0 Å². The summed E-state index contributed by atoms with van der Waals surface area (Å²) in [5, 5.41) is 3.04. The second-order valence-corrected chi connectivity index (χ2v) is 6.73. The van der Waals surface area contributed by atoms with Crippen LogP contribution in [-0.2, 0) is 16.0 Å². The van der Waals surface area contributed by atoms with Crippen molar-refractivity contribution in [3.8, 4) is 0 Å². The number of amides is 1. The van der Waals surface area contributed by atoms with E-state index in [1.54, 1.807) is 11.3 Å². The summed E-state index contributed by atoms with van der Waals surface area (Å²) < 4.78 is 5.26. The quantitative estimate of drug-likeness (QED) is 0.882. The molecular weight excluding hydrogens is 260 g/mol. The second kappa shape index (κ2) is 6.03. The second-order valence-electron chi connectivity index (χ2n) is 5.36. The van der Waals surface area contributed by atoms with Gasteiger partial charge in [0.2, 0.25) is 5.91 Å². The molecule has 1 aromatic heterocycles. The lowest BCUT2D eigenvalue weighted by molar-refractivity contribution is -0.130. The number of nitrogens with one attached hydrogen (secondary N) is 1. The highest BCUT2D eigenvalue weighted by Crippen LogP contribution is 2.19. The van der Waals surface area contributed by atoms with Crippen molar-refractivity contribution in [3.05, 3.63) is 21.9 Å². The summed E-state index contributed by atoms with van der Waals surface area (Å²) in [5.41, 5.74) is 5.41. The van der Waals surface area contributed by atoms with Crippen molar-refractivity contribution in [2.24, 2.45) is 5.73 Å². The number of ether oxygens (including phenoxy) is 1. The Kier molecular flexibility index (Phi) is 4.60. The van der Waals surface area contributed by atoms with Crippen molar-refractivity contribution >= 4 is 17.2 Å². The molecule has 0 bridgehead atoms. The minimum atomic E-state index is -0.752. The number of nitrogens with two attached hydrogens (primary N) is 1. The van der Waals surface area contributed by atoms with Crippen molar-refractivity contribution in [3.63, 3.8) is 0 Å². The van der Waals surface area contributed by atoms with E-state index >= 15 is 0 Å². The molecular formula is C14H22N2O2S. The molecule has 1 aliphatic heterocycles. The summed E-state index contributed by atoms with van der Waals surface area (Å²) in [7, 11) is 0. The molecule has 1 aliphatic rings. The Labute approximate surface area is 118 Å². The van der Waals surface area contributed by atoms with E-state index in [2.05, 4.69) is 24.4 Å². The van der Waals surface area contributed by atoms with Gasteiger partial charge in [-0.15, -0.1) is 11.3 Å². The minimum Gasteiger partial charge on any atom is -0.381 e. The monoisotopic (exact) mass is 282 g/mol. The summed E-state index contributed by atoms with van der Waals surface area (Å²) in [6, 6.07) is 4.33. The first-order chi connectivity index (χ1) is 8.99. The van der Waals surface area contributed by atoms with E-state index in [9.17, 15) is 4.79 Å². The maximum absolute atomic E-state index is 12.2. The maximum Gasteiger partial charge on any atom is 0.240 e. The molecule has 1 atom stereocenters. The molecule has 0 aliphatic carbocycles. The molecule has 0 aromatic carbocycles. The van der Waals surface area contributed by atoms with E-state index in [4.69, 9.17) is 10.5 Å². The lowest BCUT2D eigenvalue weighted by atomic mass is 9.90. The zero-order valence-electron chi connectivity index (χ0n) is 11.6. The summed E-state index contributed by atoms with van der Waals surface area (Å²) >= 11 is 1.78. The Bertz CT molecular complexity index is 438. The molecule has 1 saturated heterocycles. The number of aryl methyl sites for hydroxylation is 1. The SMILES string of the molecule is Cc1ccc(CC(C)NC(=O)C2(N)CCOCC2)s1. The third-order valence-corrected chi connectivity index (χ3v) is 4.54. The van der Waals surface area contributed by atoms with Crippen LogP contribution >= 0.6 is 11.3 Å². The maximum atomic E-state index is 12.2. The van der Waals surface area contributed by atoms with E-state index < -0.39 is 5.54 Å². The first kappa shape index (κ1) is 14.5. The lowest BCUT2D eigenvalue weighted by Gasteiger charge is -2.32. The van der Waals surface area contributed by atoms with Crippen LogP contribution < -0.4 is 11.1 Å². The Hall–Kier alpha value is -0.910. The Morgan fingerprint density at radius 3 is 2.79 bits per heavy atom. The van der Waals surface area contributed by atoms with Crippen LogP contribution in [0.1, 0.15) is 29.5 Å². The molecule has 0 saturated carbocycles. The highest BCUT2D eigenvalue weighted by molar-refractivity contribution is 7.11. The van der Waals surface area contributed by atoms with Crippen LogP contribution in [0.25, 0.3) is 0 Å². The first-order valence-electron chi connectivity index (χ1n) is 6.72. The van der Waals surface area contributed by atoms with Gasteiger partial charge in [0.25, 0.3) is 0 Å². The third kappa shape index (κ3) is 3.78. The molecule has 0 spiro atoms. The highest BCUT2D eigenvalue weighted by atomic mass is 32.1. The number of thiophene rings is 1. The zero-order chi connectivity index (χ0) is 13.9. The highest BCUT2D eigenvalue weighted by Gasteiger charge is 2.36. The van der Waals surface area contributed by atoms with Gasteiger partial charge in [0.15, 0.2) is 0 Å². The summed E-state index contributed by atoms with van der Waals surface area (Å²) in [6.45, 7) is 5.26. The zero-order valence-corrected chi connectivity index (χ0v) is 12.4. The average molecular weight is 282 g/mol.